The molecular weight excluding hydrogens is 753 g/mol. The van der Waals surface area contributed by atoms with Crippen LogP contribution in [0.3, 0.4) is 0 Å². The molecule has 0 atom stereocenters. The highest BCUT2D eigenvalue weighted by atomic mass is 16.6. The molecule has 1 N–H and O–H groups in total. The van der Waals surface area contributed by atoms with E-state index in [9.17, 15) is 14.4 Å². The molecule has 60 heavy (non-hydrogen) atoms. The molecule has 0 aromatic heterocycles. The largest absolute Gasteiger partial charge is 0.466 e. The Hall–Kier alpha value is -1.87. The number of amides is 1. The lowest BCUT2D eigenvalue weighted by molar-refractivity contribution is -0.144. The number of nitrogens with zero attached hydrogens (tertiary/aromatic N) is 1. The van der Waals surface area contributed by atoms with Gasteiger partial charge in [-0.05, 0) is 77.8 Å². The van der Waals surface area contributed by atoms with Gasteiger partial charge in [0.05, 0.1) is 26.4 Å². The molecule has 0 saturated heterocycles. The van der Waals surface area contributed by atoms with Crippen molar-refractivity contribution < 1.29 is 33.3 Å². The summed E-state index contributed by atoms with van der Waals surface area (Å²) >= 11 is 0. The van der Waals surface area contributed by atoms with Crippen LogP contribution in [-0.4, -0.2) is 82.1 Å². The third kappa shape index (κ3) is 45.7. The minimum absolute atomic E-state index is 0.0809. The number of rotatable bonds is 48. The summed E-state index contributed by atoms with van der Waals surface area (Å²) in [4.78, 5) is 39.3. The molecule has 0 fully saturated rings. The summed E-state index contributed by atoms with van der Waals surface area (Å²) in [5, 5.41) is 2.84. The lowest BCUT2D eigenvalue weighted by Crippen LogP contribution is -2.32. The van der Waals surface area contributed by atoms with Gasteiger partial charge >= 0.3 is 18.0 Å². The molecular formula is C51H100N2O7. The predicted octanol–water partition coefficient (Wildman–Crippen LogP) is 14.2. The maximum atomic E-state index is 12.6. The number of hydrogen-bond acceptors (Lipinski definition) is 8. The number of hydrogen-bond donors (Lipinski definition) is 1. The summed E-state index contributed by atoms with van der Waals surface area (Å²) in [6.45, 7) is 10.9. The second kappa shape index (κ2) is 48.2. The first-order chi connectivity index (χ1) is 29.4. The second-order valence-corrected chi connectivity index (χ2v) is 17.6. The van der Waals surface area contributed by atoms with E-state index >= 15 is 0 Å². The summed E-state index contributed by atoms with van der Waals surface area (Å²) in [6, 6.07) is 0. The number of carbonyl (C=O) groups excluding carboxylic acids is 3. The van der Waals surface area contributed by atoms with Gasteiger partial charge in [-0.1, -0.05) is 175 Å². The number of unbranched alkanes of at least 4 members (excludes halogenated alkanes) is 28. The normalized spacial score (nSPS) is 11.4. The number of carbonyl (C=O) groups is 3. The van der Waals surface area contributed by atoms with Crippen LogP contribution in [0.5, 0.6) is 0 Å². The average Bonchev–Trinajstić information content (AvgIpc) is 3.24. The van der Waals surface area contributed by atoms with Crippen molar-refractivity contribution in [3.63, 3.8) is 0 Å². The molecule has 0 heterocycles. The van der Waals surface area contributed by atoms with E-state index in [1.165, 1.54) is 141 Å². The molecule has 0 aromatic rings. The molecule has 356 valence electrons. The molecule has 9 heteroatoms. The van der Waals surface area contributed by atoms with Crippen molar-refractivity contribution in [2.75, 3.05) is 53.1 Å². The molecule has 0 spiro atoms. The Morgan fingerprint density at radius 3 is 1.20 bits per heavy atom. The molecule has 0 bridgehead atoms. The van der Waals surface area contributed by atoms with Crippen LogP contribution in [-0.2, 0) is 28.5 Å². The molecule has 0 rings (SSSR count). The van der Waals surface area contributed by atoms with E-state index < -0.39 is 6.09 Å². The maximum absolute atomic E-state index is 12.6. The van der Waals surface area contributed by atoms with Gasteiger partial charge in [-0.15, -0.1) is 0 Å². The summed E-state index contributed by atoms with van der Waals surface area (Å²) in [5.41, 5.74) is 0. The van der Waals surface area contributed by atoms with Crippen molar-refractivity contribution in [1.82, 2.24) is 10.2 Å². The highest BCUT2D eigenvalue weighted by molar-refractivity contribution is 5.69. The van der Waals surface area contributed by atoms with E-state index in [4.69, 9.17) is 18.9 Å². The van der Waals surface area contributed by atoms with E-state index in [1.54, 1.807) is 0 Å². The van der Waals surface area contributed by atoms with Crippen molar-refractivity contribution in [2.24, 2.45) is 0 Å². The molecule has 0 aliphatic rings. The van der Waals surface area contributed by atoms with Gasteiger partial charge in [0.15, 0.2) is 0 Å². The van der Waals surface area contributed by atoms with Crippen molar-refractivity contribution in [3.05, 3.63) is 0 Å². The topological polar surface area (TPSA) is 103 Å². The summed E-state index contributed by atoms with van der Waals surface area (Å²) < 4.78 is 22.5. The van der Waals surface area contributed by atoms with Crippen LogP contribution < -0.4 is 5.32 Å². The first kappa shape index (κ1) is 58.1. The fourth-order valence-corrected chi connectivity index (χ4v) is 7.55. The van der Waals surface area contributed by atoms with E-state index in [1.807, 2.05) is 0 Å². The second-order valence-electron chi connectivity index (χ2n) is 17.6. The minimum atomic E-state index is -0.404. The zero-order valence-corrected chi connectivity index (χ0v) is 40.3. The number of esters is 2. The molecule has 0 aromatic carbocycles. The first-order valence-electron chi connectivity index (χ1n) is 25.9. The molecule has 0 unspecified atom stereocenters. The first-order valence-corrected chi connectivity index (χ1v) is 25.9. The molecule has 0 radical (unpaired) electrons. The quantitative estimate of drug-likeness (QED) is 0.0367. The lowest BCUT2D eigenvalue weighted by atomic mass is 10.0. The maximum Gasteiger partial charge on any atom is 0.407 e. The number of likely N-dealkylation sites (N-methyl/N-ethyl adjacent to an activating group) is 1. The van der Waals surface area contributed by atoms with Gasteiger partial charge in [0.25, 0.3) is 0 Å². The fraction of sp³-hybridized carbons (Fsp3) is 0.941. The summed E-state index contributed by atoms with van der Waals surface area (Å²) in [5.74, 6) is -0.162. The Morgan fingerprint density at radius 2 is 0.817 bits per heavy atom. The third-order valence-electron chi connectivity index (χ3n) is 11.8. The Labute approximate surface area is 371 Å². The Kier molecular flexibility index (Phi) is 46.7. The van der Waals surface area contributed by atoms with Gasteiger partial charge in [0.1, 0.15) is 6.10 Å². The standard InChI is InChI=1S/C51H100N2O7/c1-5-8-10-12-14-16-18-20-22-24-26-28-34-40-49(54)58-44-36-30-32-38-48(60-51(56)52-42-46-57-47-43-53(4)7-3)39-33-31-37-45-59-50(55)41-35-29-27-25-23-21-19-17-15-13-11-9-6-2/h48H,5-47H2,1-4H3,(H,52,56). The highest BCUT2D eigenvalue weighted by Gasteiger charge is 2.15. The molecule has 1 amide bonds. The van der Waals surface area contributed by atoms with Crippen molar-refractivity contribution in [2.45, 2.75) is 258 Å². The minimum Gasteiger partial charge on any atom is -0.466 e. The van der Waals surface area contributed by atoms with Crippen LogP contribution in [0.4, 0.5) is 4.79 Å². The monoisotopic (exact) mass is 853 g/mol. The van der Waals surface area contributed by atoms with Crippen LogP contribution in [0, 0.1) is 0 Å². The van der Waals surface area contributed by atoms with Gasteiger partial charge in [-0.3, -0.25) is 9.59 Å². The van der Waals surface area contributed by atoms with Crippen molar-refractivity contribution >= 4 is 18.0 Å². The summed E-state index contributed by atoms with van der Waals surface area (Å²) in [7, 11) is 2.06. The lowest BCUT2D eigenvalue weighted by Gasteiger charge is -2.19. The Balaban J connectivity index is 4.14. The average molecular weight is 853 g/mol. The van der Waals surface area contributed by atoms with Gasteiger partial charge < -0.3 is 29.2 Å². The van der Waals surface area contributed by atoms with Gasteiger partial charge in [-0.25, -0.2) is 4.79 Å². The smallest absolute Gasteiger partial charge is 0.407 e. The Morgan fingerprint density at radius 1 is 0.450 bits per heavy atom. The van der Waals surface area contributed by atoms with Gasteiger partial charge in [-0.2, -0.15) is 0 Å². The van der Waals surface area contributed by atoms with Crippen LogP contribution in [0.2, 0.25) is 0 Å². The number of ether oxygens (including phenoxy) is 4. The molecule has 9 nitrogen and oxygen atoms in total. The number of alkyl carbamates (subject to hydrolysis) is 1. The zero-order valence-electron chi connectivity index (χ0n) is 40.3. The van der Waals surface area contributed by atoms with Gasteiger partial charge in [0.2, 0.25) is 0 Å². The molecule has 0 aliphatic carbocycles. The number of nitrogens with one attached hydrogen (secondary N) is 1. The molecule has 0 saturated carbocycles. The SMILES string of the molecule is CCCCCCCCCCCCCCCC(=O)OCCCCCC(CCCCCOC(=O)CCCCCCCCCCCCCCC)OC(=O)NCCOCCN(C)CC. The molecule has 0 aliphatic heterocycles. The third-order valence-corrected chi connectivity index (χ3v) is 11.8. The van der Waals surface area contributed by atoms with E-state index in [0.717, 1.165) is 90.1 Å². The van der Waals surface area contributed by atoms with Crippen LogP contribution in [0.15, 0.2) is 0 Å². The fourth-order valence-electron chi connectivity index (χ4n) is 7.55. The predicted molar refractivity (Wildman–Crippen MR) is 252 cm³/mol. The van der Waals surface area contributed by atoms with Gasteiger partial charge in [0, 0.05) is 25.9 Å². The van der Waals surface area contributed by atoms with Crippen molar-refractivity contribution in [3.8, 4) is 0 Å². The van der Waals surface area contributed by atoms with Crippen molar-refractivity contribution in [1.29, 1.82) is 0 Å². The van der Waals surface area contributed by atoms with Crippen LogP contribution in [0.25, 0.3) is 0 Å². The summed E-state index contributed by atoms with van der Waals surface area (Å²) in [6.07, 6.45) is 40.9. The zero-order chi connectivity index (χ0) is 43.8. The van der Waals surface area contributed by atoms with Crippen LogP contribution in [0.1, 0.15) is 252 Å². The van der Waals surface area contributed by atoms with E-state index in [0.29, 0.717) is 45.8 Å². The van der Waals surface area contributed by atoms with Crippen LogP contribution >= 0.6 is 0 Å². The van der Waals surface area contributed by atoms with E-state index in [-0.39, 0.29) is 18.0 Å². The Bertz CT molecular complexity index is 866. The highest BCUT2D eigenvalue weighted by Crippen LogP contribution is 2.17. The van der Waals surface area contributed by atoms with E-state index in [2.05, 4.69) is 38.0 Å².